The third-order valence-corrected chi connectivity index (χ3v) is 2.55. The summed E-state index contributed by atoms with van der Waals surface area (Å²) in [5.41, 5.74) is 8.01. The summed E-state index contributed by atoms with van der Waals surface area (Å²) in [6.45, 7) is 1.23. The molecule has 90 valence electrons. The molecule has 4 heteroatoms. The second-order valence-corrected chi connectivity index (χ2v) is 3.95. The van der Waals surface area contributed by atoms with Crippen molar-refractivity contribution in [3.63, 3.8) is 0 Å². The summed E-state index contributed by atoms with van der Waals surface area (Å²) < 4.78 is 0. The van der Waals surface area contributed by atoms with Crippen molar-refractivity contribution >= 4 is 5.69 Å². The molecule has 1 rings (SSSR count). The van der Waals surface area contributed by atoms with E-state index in [0.717, 1.165) is 5.56 Å². The van der Waals surface area contributed by atoms with Crippen LogP contribution in [0.2, 0.25) is 0 Å². The van der Waals surface area contributed by atoms with Crippen LogP contribution in [0.15, 0.2) is 24.3 Å². The Bertz CT molecular complexity index is 298. The highest BCUT2D eigenvalue weighted by molar-refractivity contribution is 5.46. The molecular weight excluding hydrogens is 202 g/mol. The van der Waals surface area contributed by atoms with Crippen molar-refractivity contribution < 1.29 is 5.11 Å². The summed E-state index contributed by atoms with van der Waals surface area (Å²) in [4.78, 5) is 2.06. The molecule has 0 spiro atoms. The van der Waals surface area contributed by atoms with E-state index in [1.165, 1.54) is 5.69 Å². The first-order valence-corrected chi connectivity index (χ1v) is 5.50. The van der Waals surface area contributed by atoms with Gasteiger partial charge in [-0.25, -0.2) is 0 Å². The lowest BCUT2D eigenvalue weighted by molar-refractivity contribution is 0.285. The predicted octanol–water partition coefficient (Wildman–Crippen LogP) is 0.334. The van der Waals surface area contributed by atoms with Gasteiger partial charge in [-0.1, -0.05) is 12.1 Å². The third-order valence-electron chi connectivity index (χ3n) is 2.55. The Morgan fingerprint density at radius 1 is 1.31 bits per heavy atom. The van der Waals surface area contributed by atoms with Crippen LogP contribution in [0.5, 0.6) is 0 Å². The molecule has 0 saturated carbocycles. The first-order chi connectivity index (χ1) is 7.69. The van der Waals surface area contributed by atoms with Gasteiger partial charge >= 0.3 is 0 Å². The van der Waals surface area contributed by atoms with Gasteiger partial charge in [0.25, 0.3) is 0 Å². The summed E-state index contributed by atoms with van der Waals surface area (Å²) in [5.74, 6) is 0. The molecule has 0 aromatic heterocycles. The van der Waals surface area contributed by atoms with Crippen LogP contribution < -0.4 is 16.0 Å². The Kier molecular flexibility index (Phi) is 5.25. The maximum Gasteiger partial charge on any atom is 0.0556 e. The monoisotopic (exact) mass is 223 g/mol. The van der Waals surface area contributed by atoms with Gasteiger partial charge in [-0.2, -0.15) is 0 Å². The predicted molar refractivity (Wildman–Crippen MR) is 67.7 cm³/mol. The van der Waals surface area contributed by atoms with Gasteiger partial charge in [-0.05, 0) is 17.7 Å². The topological polar surface area (TPSA) is 61.5 Å². The lowest BCUT2D eigenvalue weighted by Gasteiger charge is -2.18. The standard InChI is InChI=1S/C12H21N3O/c1-15(2)11-5-3-10(4-6-11)12(9-13)14-7-8-16/h3-6,12,14,16H,7-9,13H2,1-2H3. The number of benzene rings is 1. The summed E-state index contributed by atoms with van der Waals surface area (Å²) in [6.07, 6.45) is 0. The molecule has 1 atom stereocenters. The Morgan fingerprint density at radius 3 is 2.38 bits per heavy atom. The number of rotatable bonds is 6. The number of aliphatic hydroxyl groups is 1. The molecule has 4 N–H and O–H groups in total. The van der Waals surface area contributed by atoms with Crippen molar-refractivity contribution in [3.8, 4) is 0 Å². The highest BCUT2D eigenvalue weighted by atomic mass is 16.3. The maximum atomic E-state index is 8.76. The van der Waals surface area contributed by atoms with Crippen molar-refractivity contribution in [3.05, 3.63) is 29.8 Å². The average molecular weight is 223 g/mol. The second kappa shape index (κ2) is 6.48. The Morgan fingerprint density at radius 2 is 1.94 bits per heavy atom. The van der Waals surface area contributed by atoms with Crippen LogP contribution in [0.25, 0.3) is 0 Å². The summed E-state index contributed by atoms with van der Waals surface area (Å²) in [6, 6.07) is 8.38. The molecule has 0 fully saturated rings. The number of aliphatic hydroxyl groups excluding tert-OH is 1. The van der Waals surface area contributed by atoms with Crippen LogP contribution in [0.4, 0.5) is 5.69 Å². The summed E-state index contributed by atoms with van der Waals surface area (Å²) in [7, 11) is 4.03. The number of hydrogen-bond donors (Lipinski definition) is 3. The van der Waals surface area contributed by atoms with Crippen LogP contribution >= 0.6 is 0 Å². The normalized spacial score (nSPS) is 12.5. The van der Waals surface area contributed by atoms with Crippen molar-refractivity contribution in [1.29, 1.82) is 0 Å². The quantitative estimate of drug-likeness (QED) is 0.650. The highest BCUT2D eigenvalue weighted by Crippen LogP contribution is 2.17. The molecular formula is C12H21N3O. The van der Waals surface area contributed by atoms with Crippen molar-refractivity contribution in [2.75, 3.05) is 38.7 Å². The lowest BCUT2D eigenvalue weighted by Crippen LogP contribution is -2.30. The Hall–Kier alpha value is -1.10. The maximum absolute atomic E-state index is 8.76. The number of anilines is 1. The molecule has 0 heterocycles. The zero-order valence-electron chi connectivity index (χ0n) is 9.98. The molecule has 16 heavy (non-hydrogen) atoms. The van der Waals surface area contributed by atoms with Crippen LogP contribution in [-0.2, 0) is 0 Å². The SMILES string of the molecule is CN(C)c1ccc(C(CN)NCCO)cc1. The van der Waals surface area contributed by atoms with E-state index in [2.05, 4.69) is 34.5 Å². The average Bonchev–Trinajstić information content (AvgIpc) is 2.30. The van der Waals surface area contributed by atoms with Crippen molar-refractivity contribution in [2.24, 2.45) is 5.73 Å². The summed E-state index contributed by atoms with van der Waals surface area (Å²) in [5, 5.41) is 12.0. The molecule has 0 saturated heterocycles. The number of nitrogens with one attached hydrogen (secondary N) is 1. The van der Waals surface area contributed by atoms with E-state index in [1.54, 1.807) is 0 Å². The van der Waals surface area contributed by atoms with Gasteiger partial charge in [0.05, 0.1) is 6.61 Å². The smallest absolute Gasteiger partial charge is 0.0556 e. The fourth-order valence-electron chi connectivity index (χ4n) is 1.58. The highest BCUT2D eigenvalue weighted by Gasteiger charge is 2.08. The Balaban J connectivity index is 2.70. The molecule has 0 aliphatic rings. The van der Waals surface area contributed by atoms with Gasteiger partial charge in [0.2, 0.25) is 0 Å². The molecule has 0 aliphatic carbocycles. The van der Waals surface area contributed by atoms with E-state index in [9.17, 15) is 0 Å². The first-order valence-electron chi connectivity index (χ1n) is 5.50. The zero-order valence-corrected chi connectivity index (χ0v) is 9.98. The minimum Gasteiger partial charge on any atom is -0.395 e. The van der Waals surface area contributed by atoms with E-state index in [-0.39, 0.29) is 12.6 Å². The largest absolute Gasteiger partial charge is 0.395 e. The zero-order chi connectivity index (χ0) is 12.0. The summed E-state index contributed by atoms with van der Waals surface area (Å²) >= 11 is 0. The fraction of sp³-hybridized carbons (Fsp3) is 0.500. The van der Waals surface area contributed by atoms with E-state index in [4.69, 9.17) is 10.8 Å². The number of nitrogens with two attached hydrogens (primary N) is 1. The molecule has 0 bridgehead atoms. The van der Waals surface area contributed by atoms with Crippen LogP contribution in [0, 0.1) is 0 Å². The Labute approximate surface area is 97.1 Å². The van der Waals surface area contributed by atoms with Gasteiger partial charge in [0.1, 0.15) is 0 Å². The van der Waals surface area contributed by atoms with Crippen LogP contribution in [0.3, 0.4) is 0 Å². The van der Waals surface area contributed by atoms with Gasteiger partial charge in [0, 0.05) is 38.9 Å². The molecule has 0 radical (unpaired) electrons. The van der Waals surface area contributed by atoms with E-state index >= 15 is 0 Å². The van der Waals surface area contributed by atoms with E-state index < -0.39 is 0 Å². The fourth-order valence-corrected chi connectivity index (χ4v) is 1.58. The van der Waals surface area contributed by atoms with Gasteiger partial charge in [-0.3, -0.25) is 0 Å². The molecule has 1 unspecified atom stereocenters. The van der Waals surface area contributed by atoms with Crippen LogP contribution in [-0.4, -0.2) is 38.9 Å². The van der Waals surface area contributed by atoms with Gasteiger partial charge < -0.3 is 21.1 Å². The first kappa shape index (κ1) is 13.0. The molecule has 0 aliphatic heterocycles. The molecule has 1 aromatic rings. The minimum atomic E-state index is 0.114. The third kappa shape index (κ3) is 3.48. The van der Waals surface area contributed by atoms with Crippen LogP contribution in [0.1, 0.15) is 11.6 Å². The molecule has 1 aromatic carbocycles. The molecule has 4 nitrogen and oxygen atoms in total. The molecule has 0 amide bonds. The number of nitrogens with zero attached hydrogens (tertiary/aromatic N) is 1. The van der Waals surface area contributed by atoms with Gasteiger partial charge in [-0.15, -0.1) is 0 Å². The van der Waals surface area contributed by atoms with E-state index in [0.29, 0.717) is 13.1 Å². The van der Waals surface area contributed by atoms with Crippen molar-refractivity contribution in [1.82, 2.24) is 5.32 Å². The minimum absolute atomic E-state index is 0.114. The second-order valence-electron chi connectivity index (χ2n) is 3.95. The van der Waals surface area contributed by atoms with Gasteiger partial charge in [0.15, 0.2) is 0 Å². The number of hydrogen-bond acceptors (Lipinski definition) is 4. The lowest BCUT2D eigenvalue weighted by atomic mass is 10.1. The van der Waals surface area contributed by atoms with E-state index in [1.807, 2.05) is 14.1 Å². The van der Waals surface area contributed by atoms with Crippen molar-refractivity contribution in [2.45, 2.75) is 6.04 Å².